The Balaban J connectivity index is 1.18. The van der Waals surface area contributed by atoms with Crippen LogP contribution in [0, 0.1) is 0 Å². The lowest BCUT2D eigenvalue weighted by Crippen LogP contribution is -2.45. The van der Waals surface area contributed by atoms with Crippen LogP contribution in [0.15, 0.2) is 48.8 Å². The molecule has 1 fully saturated rings. The average Bonchev–Trinajstić information content (AvgIpc) is 3.53. The molecule has 49 heavy (non-hydrogen) atoms. The molecular weight excluding hydrogens is 637 g/mol. The molecule has 2 aliphatic heterocycles. The summed E-state index contributed by atoms with van der Waals surface area (Å²) in [6.45, 7) is 8.84. The second-order valence-corrected chi connectivity index (χ2v) is 12.8. The van der Waals surface area contributed by atoms with Gasteiger partial charge in [0.1, 0.15) is 22.8 Å². The van der Waals surface area contributed by atoms with Crippen LogP contribution in [0.1, 0.15) is 59.1 Å². The number of benzene rings is 1. The zero-order valence-electron chi connectivity index (χ0n) is 28.1. The summed E-state index contributed by atoms with van der Waals surface area (Å²) in [6.07, 6.45) is -0.648. The van der Waals surface area contributed by atoms with Crippen molar-refractivity contribution < 1.29 is 27.5 Å². The molecular formula is C35H41F3N8O3. The highest BCUT2D eigenvalue weighted by Crippen LogP contribution is 2.37. The summed E-state index contributed by atoms with van der Waals surface area (Å²) in [5.74, 6) is 0.647. The maximum absolute atomic E-state index is 14.2. The van der Waals surface area contributed by atoms with Gasteiger partial charge in [0.25, 0.3) is 5.91 Å². The molecule has 1 atom stereocenters. The van der Waals surface area contributed by atoms with Crippen molar-refractivity contribution in [3.8, 4) is 11.5 Å². The number of H-pyrrole nitrogens is 1. The number of piperazine rings is 1. The maximum Gasteiger partial charge on any atom is 0.416 e. The van der Waals surface area contributed by atoms with E-state index in [1.807, 2.05) is 17.9 Å². The minimum Gasteiger partial charge on any atom is -0.455 e. The molecule has 0 spiro atoms. The lowest BCUT2D eigenvalue weighted by Gasteiger charge is -2.34. The summed E-state index contributed by atoms with van der Waals surface area (Å²) in [5, 5.41) is 3.34. The molecule has 6 rings (SSSR count). The summed E-state index contributed by atoms with van der Waals surface area (Å²) >= 11 is 0. The van der Waals surface area contributed by atoms with Crippen LogP contribution in [0.4, 0.5) is 23.7 Å². The van der Waals surface area contributed by atoms with E-state index in [0.29, 0.717) is 54.3 Å². The summed E-state index contributed by atoms with van der Waals surface area (Å²) in [5.41, 5.74) is 2.05. The first-order chi connectivity index (χ1) is 23.4. The van der Waals surface area contributed by atoms with E-state index < -0.39 is 17.8 Å². The van der Waals surface area contributed by atoms with Gasteiger partial charge in [-0.05, 0) is 54.4 Å². The monoisotopic (exact) mass is 678 g/mol. The number of aromatic nitrogens is 3. The van der Waals surface area contributed by atoms with Gasteiger partial charge in [0.05, 0.1) is 22.8 Å². The Kier molecular flexibility index (Phi) is 9.79. The van der Waals surface area contributed by atoms with Crippen molar-refractivity contribution in [1.29, 1.82) is 0 Å². The van der Waals surface area contributed by atoms with Gasteiger partial charge >= 0.3 is 12.2 Å². The second-order valence-electron chi connectivity index (χ2n) is 12.8. The van der Waals surface area contributed by atoms with E-state index in [2.05, 4.69) is 32.1 Å². The van der Waals surface area contributed by atoms with E-state index in [1.54, 1.807) is 49.6 Å². The van der Waals surface area contributed by atoms with Crippen molar-refractivity contribution in [3.05, 3.63) is 76.9 Å². The quantitative estimate of drug-likeness (QED) is 0.230. The third kappa shape index (κ3) is 7.49. The Bertz CT molecular complexity index is 1830. The van der Waals surface area contributed by atoms with Crippen molar-refractivity contribution >= 4 is 28.7 Å². The summed E-state index contributed by atoms with van der Waals surface area (Å²) in [4.78, 5) is 45.4. The normalized spacial score (nSPS) is 17.2. The van der Waals surface area contributed by atoms with Crippen LogP contribution < -0.4 is 10.1 Å². The van der Waals surface area contributed by atoms with Crippen LogP contribution in [0.25, 0.3) is 11.0 Å². The van der Waals surface area contributed by atoms with Crippen molar-refractivity contribution in [2.45, 2.75) is 45.5 Å². The van der Waals surface area contributed by atoms with Gasteiger partial charge in [-0.25, -0.2) is 9.78 Å². The molecule has 0 saturated carbocycles. The van der Waals surface area contributed by atoms with E-state index >= 15 is 0 Å². The minimum absolute atomic E-state index is 0.0678. The fraction of sp³-hybridized carbons (Fsp3) is 0.429. The molecule has 14 heteroatoms. The molecule has 4 aromatic rings. The van der Waals surface area contributed by atoms with Crippen LogP contribution in [0.2, 0.25) is 0 Å². The third-order valence-corrected chi connectivity index (χ3v) is 9.27. The first-order valence-corrected chi connectivity index (χ1v) is 16.5. The predicted molar refractivity (Wildman–Crippen MR) is 180 cm³/mol. The third-order valence-electron chi connectivity index (χ3n) is 9.27. The summed E-state index contributed by atoms with van der Waals surface area (Å²) in [6, 6.07) is 8.77. The summed E-state index contributed by atoms with van der Waals surface area (Å²) < 4.78 is 48.8. The van der Waals surface area contributed by atoms with Crippen LogP contribution in [-0.4, -0.2) is 99.9 Å². The molecule has 11 nitrogen and oxygen atoms in total. The number of carbonyl (C=O) groups is 2. The number of fused-ring (bicyclic) bond motifs is 2. The second kappa shape index (κ2) is 14.0. The Hall–Kier alpha value is -4.69. The number of rotatable bonds is 8. The number of ether oxygens (including phenoxy) is 1. The Labute approximate surface area is 283 Å². The highest BCUT2D eigenvalue weighted by atomic mass is 19.4. The standard InChI is InChI=1S/C35H41F3N8O3/c1-5-22-20-46(34(48)41-25-8-7-23(28(16-25)35(36,37)38)19-45-13-11-44(6-2)12-14-45)21-24-15-26(18-40-31(22)24)49-30-9-10-39-32-27(30)17-29(42-32)33(47)43(3)4/h7-10,15-18,22H,5-6,11-14,19-21H2,1-4H3,(H,39,42)(H,41,48)/t22-/m0/s1. The van der Waals surface area contributed by atoms with E-state index in [1.165, 1.54) is 11.0 Å². The largest absolute Gasteiger partial charge is 0.455 e. The molecule has 5 heterocycles. The number of anilines is 1. The summed E-state index contributed by atoms with van der Waals surface area (Å²) in [7, 11) is 3.33. The van der Waals surface area contributed by atoms with Crippen molar-refractivity contribution in [1.82, 2.24) is 34.6 Å². The lowest BCUT2D eigenvalue weighted by molar-refractivity contribution is -0.138. The molecule has 1 saturated heterocycles. The van der Waals surface area contributed by atoms with E-state index in [4.69, 9.17) is 4.74 Å². The van der Waals surface area contributed by atoms with E-state index in [-0.39, 0.29) is 36.2 Å². The first kappa shape index (κ1) is 34.2. The molecule has 0 aliphatic carbocycles. The van der Waals surface area contributed by atoms with Crippen molar-refractivity contribution in [2.24, 2.45) is 0 Å². The highest BCUT2D eigenvalue weighted by Gasteiger charge is 2.35. The number of hydrogen-bond donors (Lipinski definition) is 2. The topological polar surface area (TPSA) is 110 Å². The van der Waals surface area contributed by atoms with Crippen LogP contribution in [0.5, 0.6) is 11.5 Å². The van der Waals surface area contributed by atoms with Crippen LogP contribution >= 0.6 is 0 Å². The number of halogens is 3. The predicted octanol–water partition coefficient (Wildman–Crippen LogP) is 6.15. The molecule has 0 unspecified atom stereocenters. The average molecular weight is 679 g/mol. The van der Waals surface area contributed by atoms with Gasteiger partial charge in [-0.15, -0.1) is 0 Å². The molecule has 0 bridgehead atoms. The number of hydrogen-bond acceptors (Lipinski definition) is 7. The van der Waals surface area contributed by atoms with Gasteiger partial charge in [0.2, 0.25) is 0 Å². The number of likely N-dealkylation sites (N-methyl/N-ethyl adjacent to an activating group) is 1. The lowest BCUT2D eigenvalue weighted by atomic mass is 9.92. The van der Waals surface area contributed by atoms with Gasteiger partial charge in [-0.3, -0.25) is 14.7 Å². The molecule has 2 aliphatic rings. The molecule has 1 aromatic carbocycles. The fourth-order valence-electron chi connectivity index (χ4n) is 6.49. The number of nitrogens with one attached hydrogen (secondary N) is 2. The number of pyridine rings is 2. The molecule has 2 N–H and O–H groups in total. The van der Waals surface area contributed by atoms with Crippen molar-refractivity contribution in [3.63, 3.8) is 0 Å². The number of alkyl halides is 3. The highest BCUT2D eigenvalue weighted by molar-refractivity contribution is 5.98. The number of urea groups is 1. The van der Waals surface area contributed by atoms with E-state index in [0.717, 1.165) is 37.0 Å². The number of carbonyl (C=O) groups excluding carboxylic acids is 2. The zero-order valence-corrected chi connectivity index (χ0v) is 28.1. The molecule has 260 valence electrons. The van der Waals surface area contributed by atoms with E-state index in [9.17, 15) is 22.8 Å². The molecule has 3 amide bonds. The van der Waals surface area contributed by atoms with Gasteiger partial charge in [0.15, 0.2) is 0 Å². The number of amides is 3. The van der Waals surface area contributed by atoms with Gasteiger partial charge in [0, 0.05) is 77.7 Å². The Morgan fingerprint density at radius 3 is 2.49 bits per heavy atom. The smallest absolute Gasteiger partial charge is 0.416 e. The van der Waals surface area contributed by atoms with Gasteiger partial charge in [-0.2, -0.15) is 13.2 Å². The molecule has 0 radical (unpaired) electrons. The van der Waals surface area contributed by atoms with Gasteiger partial charge in [-0.1, -0.05) is 19.9 Å². The maximum atomic E-state index is 14.2. The zero-order chi connectivity index (χ0) is 34.9. The SMILES string of the molecule is CC[C@H]1CN(C(=O)Nc2ccc(CN3CCN(CC)CC3)c(C(F)(F)F)c2)Cc2cc(Oc3ccnc4[nH]c(C(=O)N(C)C)cc34)cnc21. The van der Waals surface area contributed by atoms with Crippen LogP contribution in [-0.2, 0) is 19.3 Å². The Morgan fingerprint density at radius 1 is 1.04 bits per heavy atom. The molecule has 3 aromatic heterocycles. The number of aromatic amines is 1. The fourth-order valence-corrected chi connectivity index (χ4v) is 6.49. The first-order valence-electron chi connectivity index (χ1n) is 16.5. The van der Waals surface area contributed by atoms with Gasteiger partial charge < -0.3 is 29.7 Å². The number of nitrogens with zero attached hydrogens (tertiary/aromatic N) is 6. The Morgan fingerprint density at radius 2 is 1.80 bits per heavy atom. The minimum atomic E-state index is -4.56. The van der Waals surface area contributed by atoms with Crippen molar-refractivity contribution in [2.75, 3.05) is 58.7 Å². The van der Waals surface area contributed by atoms with Crippen LogP contribution in [0.3, 0.4) is 0 Å².